The number of hydrogen-bond acceptors (Lipinski definition) is 6. The summed E-state index contributed by atoms with van der Waals surface area (Å²) in [5.41, 5.74) is 9.77. The van der Waals surface area contributed by atoms with Crippen LogP contribution < -0.4 is 5.73 Å². The van der Waals surface area contributed by atoms with Crippen molar-refractivity contribution in [2.45, 2.75) is 32.8 Å². The Morgan fingerprint density at radius 2 is 2.12 bits per heavy atom. The molecule has 8 heteroatoms. The molecule has 7 nitrogen and oxygen atoms in total. The molecule has 0 spiro atoms. The number of nitrogens with zero attached hydrogens (tertiary/aromatic N) is 3. The number of hydrogen-bond donors (Lipinski definition) is 1. The highest BCUT2D eigenvalue weighted by atomic mass is 19.1. The summed E-state index contributed by atoms with van der Waals surface area (Å²) >= 11 is 0. The van der Waals surface area contributed by atoms with Crippen molar-refractivity contribution in [1.29, 1.82) is 0 Å². The molecule has 4 rings (SSSR count). The summed E-state index contributed by atoms with van der Waals surface area (Å²) in [7, 11) is 0. The number of fused-ring (bicyclic) bond motifs is 1. The van der Waals surface area contributed by atoms with Crippen molar-refractivity contribution in [2.75, 3.05) is 5.73 Å². The largest absolute Gasteiger partial charge is 0.455 e. The van der Waals surface area contributed by atoms with Gasteiger partial charge in [-0.2, -0.15) is 5.10 Å². The molecule has 2 N–H and O–H groups in total. The first kappa shape index (κ1) is 16.3. The van der Waals surface area contributed by atoms with Crippen molar-refractivity contribution in [3.05, 3.63) is 58.3 Å². The minimum atomic E-state index is -0.593. The van der Waals surface area contributed by atoms with Gasteiger partial charge in [0.1, 0.15) is 23.7 Å². The van der Waals surface area contributed by atoms with E-state index in [0.717, 1.165) is 36.2 Å². The molecular formula is C18H17FN4O3. The summed E-state index contributed by atoms with van der Waals surface area (Å²) in [6, 6.07) is 6.15. The van der Waals surface area contributed by atoms with Gasteiger partial charge in [0.2, 0.25) is 5.88 Å². The van der Waals surface area contributed by atoms with Crippen LogP contribution in [0.3, 0.4) is 0 Å². The predicted molar refractivity (Wildman–Crippen MR) is 90.3 cm³/mol. The van der Waals surface area contributed by atoms with E-state index in [1.165, 1.54) is 12.1 Å². The zero-order valence-electron chi connectivity index (χ0n) is 14.2. The zero-order valence-corrected chi connectivity index (χ0v) is 14.2. The number of carbonyl (C=O) groups excluding carboxylic acids is 1. The number of aromatic nitrogens is 3. The number of nitrogens with two attached hydrogens (primary N) is 1. The van der Waals surface area contributed by atoms with E-state index in [1.807, 2.05) is 0 Å². The van der Waals surface area contributed by atoms with Crippen LogP contribution in [0.4, 0.5) is 10.3 Å². The molecule has 3 aromatic rings. The maximum absolute atomic E-state index is 13.2. The molecule has 0 aliphatic heterocycles. The lowest BCUT2D eigenvalue weighted by atomic mass is 10.2. The maximum atomic E-state index is 13.2. The minimum Gasteiger partial charge on any atom is -0.455 e. The van der Waals surface area contributed by atoms with Crippen molar-refractivity contribution < 1.29 is 18.4 Å². The molecule has 2 heterocycles. The highest BCUT2D eigenvalue weighted by Gasteiger charge is 2.25. The molecule has 0 saturated carbocycles. The van der Waals surface area contributed by atoms with E-state index in [9.17, 15) is 9.18 Å². The van der Waals surface area contributed by atoms with Gasteiger partial charge in [-0.15, -0.1) is 0 Å². The van der Waals surface area contributed by atoms with E-state index >= 15 is 0 Å². The summed E-state index contributed by atoms with van der Waals surface area (Å²) in [6.07, 6.45) is 2.76. The average molecular weight is 356 g/mol. The normalized spacial score (nSPS) is 13.0. The van der Waals surface area contributed by atoms with E-state index in [1.54, 1.807) is 23.7 Å². The zero-order chi connectivity index (χ0) is 18.3. The van der Waals surface area contributed by atoms with Gasteiger partial charge in [0.25, 0.3) is 0 Å². The van der Waals surface area contributed by atoms with Gasteiger partial charge in [-0.3, -0.25) is 0 Å². The molecule has 1 aliphatic carbocycles. The second kappa shape index (κ2) is 6.29. The Bertz CT molecular complexity index is 956. The topological polar surface area (TPSA) is 96.2 Å². The Labute approximate surface area is 148 Å². The van der Waals surface area contributed by atoms with E-state index < -0.39 is 5.97 Å². The smallest absolute Gasteiger partial charge is 0.346 e. The molecule has 1 aliphatic rings. The predicted octanol–water partition coefficient (Wildman–Crippen LogP) is 2.74. The molecule has 26 heavy (non-hydrogen) atoms. The Hall–Kier alpha value is -3.16. The standard InChI is InChI=1S/C18H17FN4O3/c1-10-16(17(20)26-22-10)18(24)25-9-14-13-3-2-4-15(13)23(21-14)12-7-5-11(19)6-8-12/h5-8H,2-4,9,20H2,1H3. The molecule has 0 amide bonds. The summed E-state index contributed by atoms with van der Waals surface area (Å²) in [5, 5.41) is 8.23. The van der Waals surface area contributed by atoms with Gasteiger partial charge >= 0.3 is 5.97 Å². The summed E-state index contributed by atoms with van der Waals surface area (Å²) in [5.74, 6) is -0.952. The highest BCUT2D eigenvalue weighted by molar-refractivity contribution is 5.94. The van der Waals surface area contributed by atoms with Gasteiger partial charge < -0.3 is 15.0 Å². The number of rotatable bonds is 4. The van der Waals surface area contributed by atoms with Crippen LogP contribution in [0.1, 0.15) is 39.4 Å². The number of esters is 1. The third kappa shape index (κ3) is 2.73. The van der Waals surface area contributed by atoms with Gasteiger partial charge in [-0.25, -0.2) is 13.9 Å². The number of anilines is 1. The van der Waals surface area contributed by atoms with Crippen LogP contribution in [-0.4, -0.2) is 20.9 Å². The van der Waals surface area contributed by atoms with Gasteiger partial charge in [0.15, 0.2) is 0 Å². The monoisotopic (exact) mass is 356 g/mol. The number of halogens is 1. The molecule has 0 atom stereocenters. The van der Waals surface area contributed by atoms with Crippen molar-refractivity contribution in [1.82, 2.24) is 14.9 Å². The molecule has 0 unspecified atom stereocenters. The SMILES string of the molecule is Cc1noc(N)c1C(=O)OCc1nn(-c2ccc(F)cc2)c2c1CCC2. The van der Waals surface area contributed by atoms with Crippen molar-refractivity contribution >= 4 is 11.9 Å². The molecule has 2 aromatic heterocycles. The Kier molecular flexibility index (Phi) is 3.95. The van der Waals surface area contributed by atoms with Crippen LogP contribution in [0.5, 0.6) is 0 Å². The molecule has 0 saturated heterocycles. The van der Waals surface area contributed by atoms with E-state index in [-0.39, 0.29) is 23.9 Å². The Balaban J connectivity index is 1.59. The third-order valence-electron chi connectivity index (χ3n) is 4.52. The lowest BCUT2D eigenvalue weighted by molar-refractivity contribution is 0.0466. The van der Waals surface area contributed by atoms with Crippen LogP contribution in [0.15, 0.2) is 28.8 Å². The van der Waals surface area contributed by atoms with Gasteiger partial charge in [-0.1, -0.05) is 5.16 Å². The highest BCUT2D eigenvalue weighted by Crippen LogP contribution is 2.28. The van der Waals surface area contributed by atoms with Gasteiger partial charge in [-0.05, 0) is 50.5 Å². The van der Waals surface area contributed by atoms with Crippen LogP contribution in [0, 0.1) is 12.7 Å². The van der Waals surface area contributed by atoms with E-state index in [0.29, 0.717) is 11.4 Å². The van der Waals surface area contributed by atoms with E-state index in [2.05, 4.69) is 10.3 Å². The average Bonchev–Trinajstić information content (AvgIpc) is 3.30. The number of carbonyl (C=O) groups is 1. The van der Waals surface area contributed by atoms with Crippen LogP contribution >= 0.6 is 0 Å². The summed E-state index contributed by atoms with van der Waals surface area (Å²) in [6.45, 7) is 1.65. The van der Waals surface area contributed by atoms with Crippen molar-refractivity contribution in [3.63, 3.8) is 0 Å². The minimum absolute atomic E-state index is 0.0272. The third-order valence-corrected chi connectivity index (χ3v) is 4.52. The lowest BCUT2D eigenvalue weighted by Gasteiger charge is -2.05. The Morgan fingerprint density at radius 3 is 2.81 bits per heavy atom. The lowest BCUT2D eigenvalue weighted by Crippen LogP contribution is -2.09. The maximum Gasteiger partial charge on any atom is 0.346 e. The molecule has 1 aromatic carbocycles. The summed E-state index contributed by atoms with van der Waals surface area (Å²) in [4.78, 5) is 12.3. The van der Waals surface area contributed by atoms with Crippen LogP contribution in [0.25, 0.3) is 5.69 Å². The van der Waals surface area contributed by atoms with E-state index in [4.69, 9.17) is 15.0 Å². The van der Waals surface area contributed by atoms with Crippen LogP contribution in [0.2, 0.25) is 0 Å². The second-order valence-corrected chi connectivity index (χ2v) is 6.20. The molecule has 0 fully saturated rings. The number of ether oxygens (including phenoxy) is 1. The van der Waals surface area contributed by atoms with Gasteiger partial charge in [0.05, 0.1) is 11.4 Å². The first-order valence-electron chi connectivity index (χ1n) is 8.29. The number of benzene rings is 1. The molecule has 0 radical (unpaired) electrons. The fraction of sp³-hybridized carbons (Fsp3) is 0.278. The number of aryl methyl sites for hydroxylation is 1. The number of nitrogen functional groups attached to an aromatic ring is 1. The summed E-state index contributed by atoms with van der Waals surface area (Å²) < 4.78 is 25.1. The quantitative estimate of drug-likeness (QED) is 0.722. The first-order chi connectivity index (χ1) is 12.5. The molecule has 0 bridgehead atoms. The fourth-order valence-electron chi connectivity index (χ4n) is 3.27. The Morgan fingerprint density at radius 1 is 1.35 bits per heavy atom. The second-order valence-electron chi connectivity index (χ2n) is 6.20. The fourth-order valence-corrected chi connectivity index (χ4v) is 3.27. The van der Waals surface area contributed by atoms with Gasteiger partial charge in [0, 0.05) is 11.3 Å². The molecule has 134 valence electrons. The van der Waals surface area contributed by atoms with Crippen molar-refractivity contribution in [2.24, 2.45) is 0 Å². The van der Waals surface area contributed by atoms with Crippen molar-refractivity contribution in [3.8, 4) is 5.69 Å². The van der Waals surface area contributed by atoms with Crippen LogP contribution in [-0.2, 0) is 24.2 Å². The first-order valence-corrected chi connectivity index (χ1v) is 8.29. The molecular weight excluding hydrogens is 339 g/mol.